The van der Waals surface area contributed by atoms with Gasteiger partial charge in [-0.25, -0.2) is 4.39 Å². The monoisotopic (exact) mass is 312 g/mol. The predicted octanol–water partition coefficient (Wildman–Crippen LogP) is 3.84. The maximum atomic E-state index is 13.6. The van der Waals surface area contributed by atoms with Crippen molar-refractivity contribution in [2.24, 2.45) is 0 Å². The van der Waals surface area contributed by atoms with Gasteiger partial charge in [-0.2, -0.15) is 4.39 Å². The Kier molecular flexibility index (Phi) is 4.64. The molecule has 0 saturated heterocycles. The summed E-state index contributed by atoms with van der Waals surface area (Å²) in [6.07, 6.45) is 0. The molecule has 1 aromatic heterocycles. The lowest BCUT2D eigenvalue weighted by molar-refractivity contribution is -0.387. The molecule has 112 valence electrons. The minimum Gasteiger partial charge on any atom is -0.308 e. The second-order valence-electron chi connectivity index (χ2n) is 4.71. The minimum atomic E-state index is -1.16. The molecular weight excluding hydrogens is 298 g/mol. The number of hydrogen-bond donors (Lipinski definition) is 1. The summed E-state index contributed by atoms with van der Waals surface area (Å²) in [5.74, 6) is -1.95. The van der Waals surface area contributed by atoms with Crippen LogP contribution in [-0.4, -0.2) is 4.92 Å². The van der Waals surface area contributed by atoms with E-state index in [1.165, 1.54) is 10.4 Å². The zero-order valence-electron chi connectivity index (χ0n) is 11.6. The highest BCUT2D eigenvalue weighted by molar-refractivity contribution is 7.12. The van der Waals surface area contributed by atoms with Crippen molar-refractivity contribution in [3.05, 3.63) is 60.8 Å². The summed E-state index contributed by atoms with van der Waals surface area (Å²) in [5, 5.41) is 13.7. The van der Waals surface area contributed by atoms with E-state index in [9.17, 15) is 18.9 Å². The molecule has 0 aliphatic rings. The summed E-state index contributed by atoms with van der Waals surface area (Å²) in [4.78, 5) is 12.1. The standard InChI is InChI=1S/C14H14F2N2O2S/c1-8-3-11(21-9(8)2)7-17-6-10-4-14(18(19)20)13(16)5-12(10)15/h3-5,17H,6-7H2,1-2H3. The van der Waals surface area contributed by atoms with Crippen LogP contribution in [0.1, 0.15) is 20.9 Å². The van der Waals surface area contributed by atoms with E-state index in [4.69, 9.17) is 0 Å². The van der Waals surface area contributed by atoms with Crippen LogP contribution >= 0.6 is 11.3 Å². The van der Waals surface area contributed by atoms with Gasteiger partial charge in [-0.3, -0.25) is 10.1 Å². The number of hydrogen-bond acceptors (Lipinski definition) is 4. The Labute approximate surface area is 124 Å². The first-order chi connectivity index (χ1) is 9.88. The maximum absolute atomic E-state index is 13.6. The van der Waals surface area contributed by atoms with E-state index >= 15 is 0 Å². The Morgan fingerprint density at radius 3 is 2.48 bits per heavy atom. The van der Waals surface area contributed by atoms with E-state index in [1.807, 2.05) is 19.9 Å². The lowest BCUT2D eigenvalue weighted by Gasteiger charge is -2.05. The summed E-state index contributed by atoms with van der Waals surface area (Å²) in [6.45, 7) is 4.66. The predicted molar refractivity (Wildman–Crippen MR) is 77.3 cm³/mol. The van der Waals surface area contributed by atoms with Crippen LogP contribution in [0.2, 0.25) is 0 Å². The molecule has 1 N–H and O–H groups in total. The van der Waals surface area contributed by atoms with Gasteiger partial charge in [0.05, 0.1) is 4.92 Å². The van der Waals surface area contributed by atoms with Gasteiger partial charge in [0.15, 0.2) is 0 Å². The van der Waals surface area contributed by atoms with Crippen LogP contribution in [0.5, 0.6) is 0 Å². The SMILES string of the molecule is Cc1cc(CNCc2cc([N+](=O)[O-])c(F)cc2F)sc1C. The fourth-order valence-corrected chi connectivity index (χ4v) is 2.94. The van der Waals surface area contributed by atoms with Crippen molar-refractivity contribution in [3.8, 4) is 0 Å². The van der Waals surface area contributed by atoms with Crippen LogP contribution in [0.3, 0.4) is 0 Å². The summed E-state index contributed by atoms with van der Waals surface area (Å²) in [6, 6.07) is 3.52. The lowest BCUT2D eigenvalue weighted by atomic mass is 10.1. The topological polar surface area (TPSA) is 55.2 Å². The second kappa shape index (κ2) is 6.28. The third kappa shape index (κ3) is 3.62. The van der Waals surface area contributed by atoms with Crippen LogP contribution in [0.25, 0.3) is 0 Å². The summed E-state index contributed by atoms with van der Waals surface area (Å²) in [5.41, 5.74) is 0.560. The van der Waals surface area contributed by atoms with Gasteiger partial charge in [0.1, 0.15) is 5.82 Å². The zero-order valence-corrected chi connectivity index (χ0v) is 12.4. The average molecular weight is 312 g/mol. The van der Waals surface area contributed by atoms with Gasteiger partial charge in [-0.05, 0) is 25.5 Å². The molecule has 0 amide bonds. The van der Waals surface area contributed by atoms with Gasteiger partial charge in [0.2, 0.25) is 5.82 Å². The quantitative estimate of drug-likeness (QED) is 0.674. The first-order valence-corrected chi connectivity index (χ1v) is 7.09. The van der Waals surface area contributed by atoms with Gasteiger partial charge >= 0.3 is 5.69 Å². The Morgan fingerprint density at radius 1 is 1.19 bits per heavy atom. The molecule has 0 aliphatic carbocycles. The fourth-order valence-electron chi connectivity index (χ4n) is 1.91. The zero-order chi connectivity index (χ0) is 15.6. The average Bonchev–Trinajstić information content (AvgIpc) is 2.71. The first kappa shape index (κ1) is 15.5. The molecule has 0 radical (unpaired) electrons. The molecule has 0 spiro atoms. The molecule has 0 fully saturated rings. The number of halogens is 2. The van der Waals surface area contributed by atoms with E-state index in [2.05, 4.69) is 5.32 Å². The molecule has 0 bridgehead atoms. The van der Waals surface area contributed by atoms with Crippen molar-refractivity contribution in [3.63, 3.8) is 0 Å². The third-order valence-corrected chi connectivity index (χ3v) is 4.30. The molecule has 2 rings (SSSR count). The van der Waals surface area contributed by atoms with Crippen molar-refractivity contribution < 1.29 is 13.7 Å². The Hall–Kier alpha value is -1.86. The minimum absolute atomic E-state index is 0.0769. The Morgan fingerprint density at radius 2 is 1.90 bits per heavy atom. The van der Waals surface area contributed by atoms with Gasteiger partial charge in [-0.15, -0.1) is 11.3 Å². The van der Waals surface area contributed by atoms with Crippen LogP contribution in [0.4, 0.5) is 14.5 Å². The largest absolute Gasteiger partial charge is 0.308 e. The van der Waals surface area contributed by atoms with Crippen LogP contribution in [0.15, 0.2) is 18.2 Å². The van der Waals surface area contributed by atoms with Crippen molar-refractivity contribution in [2.45, 2.75) is 26.9 Å². The van der Waals surface area contributed by atoms with Crippen molar-refractivity contribution in [2.75, 3.05) is 0 Å². The number of aryl methyl sites for hydroxylation is 2. The third-order valence-electron chi connectivity index (χ3n) is 3.14. The van der Waals surface area contributed by atoms with Gasteiger partial charge in [0.25, 0.3) is 0 Å². The van der Waals surface area contributed by atoms with Crippen LogP contribution in [-0.2, 0) is 13.1 Å². The van der Waals surface area contributed by atoms with Crippen molar-refractivity contribution in [1.29, 1.82) is 0 Å². The molecular formula is C14H14F2N2O2S. The highest BCUT2D eigenvalue weighted by Gasteiger charge is 2.18. The number of rotatable bonds is 5. The number of benzene rings is 1. The number of nitrogens with zero attached hydrogens (tertiary/aromatic N) is 1. The molecule has 0 aliphatic heterocycles. The smallest absolute Gasteiger partial charge is 0.305 e. The van der Waals surface area contributed by atoms with E-state index in [-0.39, 0.29) is 12.1 Å². The molecule has 0 unspecified atom stereocenters. The summed E-state index contributed by atoms with van der Waals surface area (Å²) in [7, 11) is 0. The maximum Gasteiger partial charge on any atom is 0.305 e. The summed E-state index contributed by atoms with van der Waals surface area (Å²) < 4.78 is 26.8. The molecule has 1 heterocycles. The lowest BCUT2D eigenvalue weighted by Crippen LogP contribution is -2.13. The highest BCUT2D eigenvalue weighted by Crippen LogP contribution is 2.22. The van der Waals surface area contributed by atoms with E-state index < -0.39 is 22.2 Å². The van der Waals surface area contributed by atoms with Gasteiger partial charge in [-0.1, -0.05) is 0 Å². The van der Waals surface area contributed by atoms with E-state index in [1.54, 1.807) is 11.3 Å². The molecule has 7 heteroatoms. The number of nitro benzene ring substituents is 1. The molecule has 2 aromatic rings. The Balaban J connectivity index is 2.06. The van der Waals surface area contributed by atoms with E-state index in [0.717, 1.165) is 10.9 Å². The molecule has 1 aromatic carbocycles. The normalized spacial score (nSPS) is 10.9. The molecule has 4 nitrogen and oxygen atoms in total. The van der Waals surface area contributed by atoms with Gasteiger partial charge < -0.3 is 5.32 Å². The molecule has 21 heavy (non-hydrogen) atoms. The fraction of sp³-hybridized carbons (Fsp3) is 0.286. The van der Waals surface area contributed by atoms with Crippen molar-refractivity contribution in [1.82, 2.24) is 5.32 Å². The van der Waals surface area contributed by atoms with Crippen molar-refractivity contribution >= 4 is 17.0 Å². The van der Waals surface area contributed by atoms with Gasteiger partial charge in [0, 0.05) is 40.5 Å². The molecule has 0 saturated carbocycles. The second-order valence-corrected chi connectivity index (χ2v) is 6.05. The number of thiophene rings is 1. The van der Waals surface area contributed by atoms with E-state index in [0.29, 0.717) is 12.6 Å². The first-order valence-electron chi connectivity index (χ1n) is 6.27. The molecule has 0 atom stereocenters. The van der Waals surface area contributed by atoms with Crippen LogP contribution < -0.4 is 5.32 Å². The number of nitrogens with one attached hydrogen (secondary N) is 1. The highest BCUT2D eigenvalue weighted by atomic mass is 32.1. The summed E-state index contributed by atoms with van der Waals surface area (Å²) >= 11 is 1.64. The number of nitro groups is 1. The Bertz CT molecular complexity index is 666. The van der Waals surface area contributed by atoms with Crippen LogP contribution in [0, 0.1) is 35.6 Å².